The predicted octanol–water partition coefficient (Wildman–Crippen LogP) is 1.85. The van der Waals surface area contributed by atoms with Gasteiger partial charge in [-0.3, -0.25) is 19.1 Å². The lowest BCUT2D eigenvalue weighted by molar-refractivity contribution is -0.384. The maximum atomic E-state index is 11.9. The Morgan fingerprint density at radius 2 is 2.21 bits per heavy atom. The van der Waals surface area contributed by atoms with Crippen molar-refractivity contribution in [1.29, 1.82) is 0 Å². The van der Waals surface area contributed by atoms with Gasteiger partial charge in [0.2, 0.25) is 0 Å². The van der Waals surface area contributed by atoms with Crippen LogP contribution in [-0.2, 0) is 10.8 Å². The molecule has 2 atom stereocenters. The highest BCUT2D eigenvalue weighted by molar-refractivity contribution is 9.10. The number of nitro groups is 1. The zero-order chi connectivity index (χ0) is 14.6. The number of carbonyl (C=O) groups is 1. The van der Waals surface area contributed by atoms with Crippen LogP contribution in [0.15, 0.2) is 22.7 Å². The van der Waals surface area contributed by atoms with Crippen LogP contribution in [0.3, 0.4) is 0 Å². The lowest BCUT2D eigenvalue weighted by Gasteiger charge is -2.10. The molecule has 1 aromatic rings. The van der Waals surface area contributed by atoms with Crippen molar-refractivity contribution >= 4 is 38.3 Å². The van der Waals surface area contributed by atoms with Crippen LogP contribution in [0.1, 0.15) is 17.3 Å². The summed E-state index contributed by atoms with van der Waals surface area (Å²) >= 11 is 3.17. The van der Waals surface area contributed by atoms with E-state index < -0.39 is 21.6 Å². The van der Waals surface area contributed by atoms with Gasteiger partial charge in [0.25, 0.3) is 11.6 Å². The molecule has 1 N–H and O–H groups in total. The molecule has 1 amide bonds. The largest absolute Gasteiger partial charge is 0.351 e. The van der Waals surface area contributed by atoms with Crippen molar-refractivity contribution < 1.29 is 13.9 Å². The Morgan fingerprint density at radius 1 is 1.58 bits per heavy atom. The van der Waals surface area contributed by atoms with Crippen molar-refractivity contribution in [1.82, 2.24) is 5.32 Å². The summed E-state index contributed by atoms with van der Waals surface area (Å²) in [6.45, 7) is 2.00. The van der Waals surface area contributed by atoms with Crippen molar-refractivity contribution in [3.05, 3.63) is 38.3 Å². The zero-order valence-electron chi connectivity index (χ0n) is 10.4. The molecular weight excluding hydrogens is 336 g/mol. The van der Waals surface area contributed by atoms with Gasteiger partial charge in [0.15, 0.2) is 0 Å². The standard InChI is InChI=1S/C11H13BrN2O4S/c1-7(19(2)18)6-13-11(15)9-5-8(14(16)17)3-4-10(9)12/h3-5,7H,6H2,1-2H3,(H,13,15). The number of benzene rings is 1. The first-order chi connectivity index (χ1) is 8.82. The molecule has 6 nitrogen and oxygen atoms in total. The fraction of sp³-hybridized carbons (Fsp3) is 0.364. The highest BCUT2D eigenvalue weighted by Crippen LogP contribution is 2.22. The van der Waals surface area contributed by atoms with E-state index in [4.69, 9.17) is 0 Å². The van der Waals surface area contributed by atoms with Gasteiger partial charge >= 0.3 is 0 Å². The molecule has 0 radical (unpaired) electrons. The molecule has 0 saturated heterocycles. The van der Waals surface area contributed by atoms with Crippen LogP contribution >= 0.6 is 15.9 Å². The minimum absolute atomic E-state index is 0.152. The first-order valence-electron chi connectivity index (χ1n) is 5.37. The Balaban J connectivity index is 2.84. The predicted molar refractivity (Wildman–Crippen MR) is 76.7 cm³/mol. The average molecular weight is 349 g/mol. The highest BCUT2D eigenvalue weighted by Gasteiger charge is 2.16. The second kappa shape index (κ2) is 6.76. The number of rotatable bonds is 5. The third-order valence-corrected chi connectivity index (χ3v) is 4.51. The van der Waals surface area contributed by atoms with Gasteiger partial charge in [0.1, 0.15) is 0 Å². The van der Waals surface area contributed by atoms with E-state index in [1.165, 1.54) is 18.2 Å². The Hall–Kier alpha value is -1.28. The topological polar surface area (TPSA) is 89.3 Å². The van der Waals surface area contributed by atoms with Crippen LogP contribution in [0, 0.1) is 10.1 Å². The quantitative estimate of drug-likeness (QED) is 0.649. The first kappa shape index (κ1) is 15.8. The molecule has 0 aliphatic rings. The van der Waals surface area contributed by atoms with E-state index >= 15 is 0 Å². The summed E-state index contributed by atoms with van der Waals surface area (Å²) in [5.41, 5.74) is 0.0313. The number of non-ortho nitro benzene ring substituents is 1. The van der Waals surface area contributed by atoms with Gasteiger partial charge in [-0.05, 0) is 28.9 Å². The third-order valence-electron chi connectivity index (χ3n) is 2.52. The number of hydrogen-bond donors (Lipinski definition) is 1. The maximum absolute atomic E-state index is 11.9. The molecule has 0 aliphatic carbocycles. The molecular formula is C11H13BrN2O4S. The minimum atomic E-state index is -1.03. The normalized spacial score (nSPS) is 13.6. The Labute approximate surface area is 121 Å². The van der Waals surface area contributed by atoms with Gasteiger partial charge in [-0.1, -0.05) is 0 Å². The fourth-order valence-corrected chi connectivity index (χ4v) is 1.99. The van der Waals surface area contributed by atoms with Crippen molar-refractivity contribution in [2.75, 3.05) is 12.8 Å². The van der Waals surface area contributed by atoms with E-state index in [0.29, 0.717) is 4.47 Å². The summed E-state index contributed by atoms with van der Waals surface area (Å²) in [4.78, 5) is 22.0. The number of nitro benzene ring substituents is 1. The van der Waals surface area contributed by atoms with Gasteiger partial charge < -0.3 is 5.32 Å². The highest BCUT2D eigenvalue weighted by atomic mass is 79.9. The van der Waals surface area contributed by atoms with E-state index in [1.807, 2.05) is 0 Å². The van der Waals surface area contributed by atoms with E-state index in [9.17, 15) is 19.1 Å². The van der Waals surface area contributed by atoms with Gasteiger partial charge in [-0.15, -0.1) is 0 Å². The second-order valence-corrected chi connectivity index (χ2v) is 6.60. The molecule has 2 unspecified atom stereocenters. The van der Waals surface area contributed by atoms with Crippen LogP contribution < -0.4 is 5.32 Å². The molecule has 0 aromatic heterocycles. The lowest BCUT2D eigenvalue weighted by atomic mass is 10.2. The summed E-state index contributed by atoms with van der Waals surface area (Å²) < 4.78 is 11.6. The molecule has 8 heteroatoms. The second-order valence-electron chi connectivity index (χ2n) is 3.94. The minimum Gasteiger partial charge on any atom is -0.351 e. The van der Waals surface area contributed by atoms with Crippen LogP contribution in [0.5, 0.6) is 0 Å². The van der Waals surface area contributed by atoms with E-state index in [1.54, 1.807) is 13.2 Å². The van der Waals surface area contributed by atoms with Crippen molar-refractivity contribution in [3.63, 3.8) is 0 Å². The Bertz CT molecular complexity index is 535. The number of nitrogens with zero attached hydrogens (tertiary/aromatic N) is 1. The molecule has 1 aromatic carbocycles. The average Bonchev–Trinajstić information content (AvgIpc) is 2.35. The van der Waals surface area contributed by atoms with Crippen LogP contribution in [0.4, 0.5) is 5.69 Å². The number of amides is 1. The summed E-state index contributed by atoms with van der Waals surface area (Å²) in [5, 5.41) is 13.1. The molecule has 0 spiro atoms. The van der Waals surface area contributed by atoms with E-state index in [0.717, 1.165) is 0 Å². The van der Waals surface area contributed by atoms with E-state index in [2.05, 4.69) is 21.2 Å². The molecule has 0 heterocycles. The molecule has 0 bridgehead atoms. The molecule has 0 aliphatic heterocycles. The maximum Gasteiger partial charge on any atom is 0.270 e. The fourth-order valence-electron chi connectivity index (χ4n) is 1.25. The molecule has 0 fully saturated rings. The third kappa shape index (κ3) is 4.39. The summed E-state index contributed by atoms with van der Waals surface area (Å²) in [5.74, 6) is -0.437. The Kier molecular flexibility index (Phi) is 5.61. The molecule has 104 valence electrons. The summed E-state index contributed by atoms with van der Waals surface area (Å²) in [6.07, 6.45) is 1.56. The summed E-state index contributed by atoms with van der Waals surface area (Å²) in [7, 11) is -1.03. The Morgan fingerprint density at radius 3 is 2.74 bits per heavy atom. The van der Waals surface area contributed by atoms with Crippen molar-refractivity contribution in [2.45, 2.75) is 12.2 Å². The van der Waals surface area contributed by atoms with Crippen LogP contribution in [0.25, 0.3) is 0 Å². The van der Waals surface area contributed by atoms with E-state index in [-0.39, 0.29) is 23.0 Å². The van der Waals surface area contributed by atoms with Crippen molar-refractivity contribution in [2.24, 2.45) is 0 Å². The molecule has 0 saturated carbocycles. The van der Waals surface area contributed by atoms with Crippen molar-refractivity contribution in [3.8, 4) is 0 Å². The monoisotopic (exact) mass is 348 g/mol. The lowest BCUT2D eigenvalue weighted by Crippen LogP contribution is -2.32. The van der Waals surface area contributed by atoms with Crippen LogP contribution in [0.2, 0.25) is 0 Å². The SMILES string of the molecule is CC(CNC(=O)c1cc([N+](=O)[O-])ccc1Br)S(C)=O. The van der Waals surface area contributed by atoms with Crippen LogP contribution in [-0.4, -0.2) is 33.1 Å². The molecule has 1 rings (SSSR count). The number of carbonyl (C=O) groups excluding carboxylic acids is 1. The smallest absolute Gasteiger partial charge is 0.270 e. The van der Waals surface area contributed by atoms with Gasteiger partial charge in [0, 0.05) is 45.5 Å². The number of hydrogen-bond acceptors (Lipinski definition) is 4. The zero-order valence-corrected chi connectivity index (χ0v) is 12.8. The number of nitrogens with one attached hydrogen (secondary N) is 1. The summed E-state index contributed by atoms with van der Waals surface area (Å²) in [6, 6.07) is 3.96. The number of halogens is 1. The van der Waals surface area contributed by atoms with Gasteiger partial charge in [-0.2, -0.15) is 0 Å². The first-order valence-corrected chi connectivity index (χ1v) is 7.78. The van der Waals surface area contributed by atoms with Gasteiger partial charge in [-0.25, -0.2) is 0 Å². The van der Waals surface area contributed by atoms with Gasteiger partial charge in [0.05, 0.1) is 10.5 Å². The molecule has 19 heavy (non-hydrogen) atoms.